The molecule has 0 radical (unpaired) electrons. The summed E-state index contributed by atoms with van der Waals surface area (Å²) in [6, 6.07) is 6.13. The van der Waals surface area contributed by atoms with Crippen LogP contribution in [0, 0.1) is 5.92 Å². The summed E-state index contributed by atoms with van der Waals surface area (Å²) in [6.07, 6.45) is 2.58. The van der Waals surface area contributed by atoms with Gasteiger partial charge in [0, 0.05) is 23.2 Å². The van der Waals surface area contributed by atoms with Crippen molar-refractivity contribution >= 4 is 11.6 Å². The smallest absolute Gasteiger partial charge is 0.189 e. The molecule has 2 rings (SSSR count). The van der Waals surface area contributed by atoms with Crippen LogP contribution in [0.15, 0.2) is 18.2 Å². The van der Waals surface area contributed by atoms with E-state index >= 15 is 0 Å². The standard InChI is InChI=1S/C15H22ClNO2/c1-11(2)17-8-13-14(16)4-3-5-15(13)19-10-18-9-12-6-7-12/h3-5,11-12,17H,6-10H2,1-2H3. The van der Waals surface area contributed by atoms with Crippen molar-refractivity contribution in [2.75, 3.05) is 13.4 Å². The van der Waals surface area contributed by atoms with E-state index in [1.54, 1.807) is 0 Å². The van der Waals surface area contributed by atoms with Crippen molar-refractivity contribution in [3.8, 4) is 5.75 Å². The van der Waals surface area contributed by atoms with E-state index in [9.17, 15) is 0 Å². The summed E-state index contributed by atoms with van der Waals surface area (Å²) in [5.41, 5.74) is 0.993. The summed E-state index contributed by atoms with van der Waals surface area (Å²) < 4.78 is 11.2. The summed E-state index contributed by atoms with van der Waals surface area (Å²) in [4.78, 5) is 0. The molecule has 0 unspecified atom stereocenters. The Morgan fingerprint density at radius 2 is 2.16 bits per heavy atom. The first-order chi connectivity index (χ1) is 9.16. The molecule has 1 aliphatic rings. The van der Waals surface area contributed by atoms with Crippen LogP contribution < -0.4 is 10.1 Å². The molecular weight excluding hydrogens is 262 g/mol. The minimum Gasteiger partial charge on any atom is -0.467 e. The molecule has 1 aliphatic carbocycles. The average molecular weight is 284 g/mol. The summed E-state index contributed by atoms with van der Waals surface area (Å²) in [5.74, 6) is 1.56. The normalized spacial score (nSPS) is 14.9. The third kappa shape index (κ3) is 5.01. The van der Waals surface area contributed by atoms with Gasteiger partial charge in [-0.3, -0.25) is 0 Å². The van der Waals surface area contributed by atoms with Crippen LogP contribution in [-0.4, -0.2) is 19.4 Å². The number of nitrogens with one attached hydrogen (secondary N) is 1. The maximum Gasteiger partial charge on any atom is 0.189 e. The third-order valence-corrected chi connectivity index (χ3v) is 3.47. The van der Waals surface area contributed by atoms with Gasteiger partial charge < -0.3 is 14.8 Å². The zero-order valence-electron chi connectivity index (χ0n) is 11.6. The highest BCUT2D eigenvalue weighted by Gasteiger charge is 2.21. The minimum atomic E-state index is 0.297. The van der Waals surface area contributed by atoms with Crippen molar-refractivity contribution < 1.29 is 9.47 Å². The van der Waals surface area contributed by atoms with Crippen LogP contribution in [0.2, 0.25) is 5.02 Å². The van der Waals surface area contributed by atoms with E-state index in [-0.39, 0.29) is 0 Å². The first-order valence-electron chi connectivity index (χ1n) is 6.88. The lowest BCUT2D eigenvalue weighted by molar-refractivity contribution is 0.00942. The van der Waals surface area contributed by atoms with Gasteiger partial charge in [-0.25, -0.2) is 0 Å². The molecule has 1 N–H and O–H groups in total. The maximum absolute atomic E-state index is 6.23. The number of hydrogen-bond acceptors (Lipinski definition) is 3. The van der Waals surface area contributed by atoms with Crippen molar-refractivity contribution in [2.24, 2.45) is 5.92 Å². The molecule has 1 saturated carbocycles. The van der Waals surface area contributed by atoms with Gasteiger partial charge in [-0.2, -0.15) is 0 Å². The van der Waals surface area contributed by atoms with E-state index in [0.717, 1.165) is 28.9 Å². The summed E-state index contributed by atoms with van der Waals surface area (Å²) in [5, 5.41) is 4.09. The van der Waals surface area contributed by atoms with Crippen molar-refractivity contribution in [1.82, 2.24) is 5.32 Å². The van der Waals surface area contributed by atoms with Gasteiger partial charge in [-0.05, 0) is 30.9 Å². The molecule has 19 heavy (non-hydrogen) atoms. The summed E-state index contributed by atoms with van der Waals surface area (Å²) in [6.45, 7) is 6.02. The van der Waals surface area contributed by atoms with Crippen LogP contribution in [0.5, 0.6) is 5.75 Å². The van der Waals surface area contributed by atoms with E-state index in [1.807, 2.05) is 18.2 Å². The van der Waals surface area contributed by atoms with Gasteiger partial charge in [-0.15, -0.1) is 0 Å². The topological polar surface area (TPSA) is 30.5 Å². The Kier molecular flexibility index (Phi) is 5.49. The van der Waals surface area contributed by atoms with Crippen molar-refractivity contribution in [1.29, 1.82) is 0 Å². The molecule has 1 fully saturated rings. The highest BCUT2D eigenvalue weighted by Crippen LogP contribution is 2.29. The van der Waals surface area contributed by atoms with Crippen molar-refractivity contribution in [2.45, 2.75) is 39.3 Å². The minimum absolute atomic E-state index is 0.297. The maximum atomic E-state index is 6.23. The Hall–Kier alpha value is -0.770. The number of halogens is 1. The highest BCUT2D eigenvalue weighted by atomic mass is 35.5. The fraction of sp³-hybridized carbons (Fsp3) is 0.600. The predicted octanol–water partition coefficient (Wildman–Crippen LogP) is 3.60. The quantitative estimate of drug-likeness (QED) is 0.584. The average Bonchev–Trinajstić information content (AvgIpc) is 3.17. The summed E-state index contributed by atoms with van der Waals surface area (Å²) >= 11 is 6.23. The molecule has 0 bridgehead atoms. The van der Waals surface area contributed by atoms with Gasteiger partial charge in [0.05, 0.1) is 6.61 Å². The molecule has 0 atom stereocenters. The second-order valence-electron chi connectivity index (χ2n) is 5.33. The van der Waals surface area contributed by atoms with Crippen molar-refractivity contribution in [3.63, 3.8) is 0 Å². The Morgan fingerprint density at radius 1 is 1.37 bits per heavy atom. The lowest BCUT2D eigenvalue weighted by Crippen LogP contribution is -2.22. The van der Waals surface area contributed by atoms with E-state index in [0.29, 0.717) is 19.4 Å². The molecule has 1 aromatic rings. The number of benzene rings is 1. The molecule has 0 aliphatic heterocycles. The van der Waals surface area contributed by atoms with Gasteiger partial charge in [0.25, 0.3) is 0 Å². The van der Waals surface area contributed by atoms with Crippen LogP contribution >= 0.6 is 11.6 Å². The number of hydrogen-bond donors (Lipinski definition) is 1. The Bertz CT molecular complexity index is 405. The second kappa shape index (κ2) is 7.13. The van der Waals surface area contributed by atoms with Crippen molar-refractivity contribution in [3.05, 3.63) is 28.8 Å². The van der Waals surface area contributed by atoms with E-state index in [2.05, 4.69) is 19.2 Å². The predicted molar refractivity (Wildman–Crippen MR) is 77.6 cm³/mol. The Morgan fingerprint density at radius 3 is 2.84 bits per heavy atom. The highest BCUT2D eigenvalue weighted by molar-refractivity contribution is 6.31. The van der Waals surface area contributed by atoms with E-state index < -0.39 is 0 Å². The molecular formula is C15H22ClNO2. The number of rotatable bonds is 8. The van der Waals surface area contributed by atoms with Crippen LogP contribution in [0.4, 0.5) is 0 Å². The molecule has 3 nitrogen and oxygen atoms in total. The molecule has 0 aromatic heterocycles. The van der Waals surface area contributed by atoms with E-state index in [1.165, 1.54) is 12.8 Å². The molecule has 0 heterocycles. The molecule has 0 saturated heterocycles. The molecule has 0 spiro atoms. The third-order valence-electron chi connectivity index (χ3n) is 3.11. The first kappa shape index (κ1) is 14.6. The van der Waals surface area contributed by atoms with Gasteiger partial charge in [-0.1, -0.05) is 31.5 Å². The van der Waals surface area contributed by atoms with E-state index in [4.69, 9.17) is 21.1 Å². The fourth-order valence-corrected chi connectivity index (χ4v) is 1.99. The van der Waals surface area contributed by atoms with Crippen LogP contribution in [0.25, 0.3) is 0 Å². The SMILES string of the molecule is CC(C)NCc1c(Cl)cccc1OCOCC1CC1. The largest absolute Gasteiger partial charge is 0.467 e. The molecule has 1 aromatic carbocycles. The number of ether oxygens (including phenoxy) is 2. The summed E-state index contributed by atoms with van der Waals surface area (Å²) in [7, 11) is 0. The zero-order chi connectivity index (χ0) is 13.7. The van der Waals surface area contributed by atoms with Crippen LogP contribution in [0.1, 0.15) is 32.3 Å². The first-order valence-corrected chi connectivity index (χ1v) is 7.26. The van der Waals surface area contributed by atoms with Gasteiger partial charge in [0.2, 0.25) is 0 Å². The Balaban J connectivity index is 1.87. The molecule has 106 valence electrons. The van der Waals surface area contributed by atoms with Crippen LogP contribution in [-0.2, 0) is 11.3 Å². The monoisotopic (exact) mass is 283 g/mol. The molecule has 0 amide bonds. The zero-order valence-corrected chi connectivity index (χ0v) is 12.4. The van der Waals surface area contributed by atoms with Gasteiger partial charge in [0.15, 0.2) is 6.79 Å². The van der Waals surface area contributed by atoms with Gasteiger partial charge >= 0.3 is 0 Å². The fourth-order valence-electron chi connectivity index (χ4n) is 1.76. The van der Waals surface area contributed by atoms with Crippen LogP contribution in [0.3, 0.4) is 0 Å². The molecule has 4 heteroatoms. The Labute approximate surface area is 120 Å². The lowest BCUT2D eigenvalue weighted by Gasteiger charge is -2.15. The second-order valence-corrected chi connectivity index (χ2v) is 5.74. The lowest BCUT2D eigenvalue weighted by atomic mass is 10.2. The van der Waals surface area contributed by atoms with Gasteiger partial charge in [0.1, 0.15) is 5.75 Å².